The van der Waals surface area contributed by atoms with E-state index in [1.54, 1.807) is 31.3 Å². The molecule has 0 aliphatic carbocycles. The lowest BCUT2D eigenvalue weighted by Crippen LogP contribution is -2.08. The molecule has 0 fully saturated rings. The van der Waals surface area contributed by atoms with Crippen molar-refractivity contribution < 1.29 is 27.4 Å². The first-order valence-corrected chi connectivity index (χ1v) is 8.54. The Labute approximate surface area is 159 Å². The fraction of sp³-hybridized carbons (Fsp3) is 0.250. The number of alkyl halides is 3. The molecule has 5 nitrogen and oxygen atoms in total. The van der Waals surface area contributed by atoms with Crippen molar-refractivity contribution in [1.82, 2.24) is 9.97 Å². The van der Waals surface area contributed by atoms with Gasteiger partial charge in [-0.15, -0.1) is 0 Å². The zero-order chi connectivity index (χ0) is 20.1. The summed E-state index contributed by atoms with van der Waals surface area (Å²) in [5.41, 5.74) is 1.00. The van der Waals surface area contributed by atoms with Crippen LogP contribution in [0.2, 0.25) is 0 Å². The van der Waals surface area contributed by atoms with Crippen LogP contribution in [-0.2, 0) is 28.7 Å². The molecule has 0 spiro atoms. The Morgan fingerprint density at radius 2 is 1.82 bits per heavy atom. The van der Waals surface area contributed by atoms with Crippen LogP contribution in [0.4, 0.5) is 13.2 Å². The predicted octanol–water partition coefficient (Wildman–Crippen LogP) is 4.33. The monoisotopic (exact) mass is 390 g/mol. The van der Waals surface area contributed by atoms with E-state index in [-0.39, 0.29) is 19.0 Å². The highest BCUT2D eigenvalue weighted by atomic mass is 19.4. The highest BCUT2D eigenvalue weighted by Crippen LogP contribution is 2.27. The fourth-order valence-electron chi connectivity index (χ4n) is 2.56. The number of halogens is 3. The Hall–Kier alpha value is -3.16. The van der Waals surface area contributed by atoms with Crippen LogP contribution in [0.3, 0.4) is 0 Å². The summed E-state index contributed by atoms with van der Waals surface area (Å²) in [5, 5.41) is 0.838. The molecule has 8 heteroatoms. The van der Waals surface area contributed by atoms with Crippen molar-refractivity contribution >= 4 is 16.9 Å². The smallest absolute Gasteiger partial charge is 0.433 e. The number of fused-ring (bicyclic) bond motifs is 1. The molecule has 1 aromatic carbocycles. The van der Waals surface area contributed by atoms with E-state index in [9.17, 15) is 18.0 Å². The molecule has 0 aliphatic heterocycles. The summed E-state index contributed by atoms with van der Waals surface area (Å²) in [6, 6.07) is 9.36. The van der Waals surface area contributed by atoms with Gasteiger partial charge in [-0.2, -0.15) is 13.2 Å². The molecule has 0 bridgehead atoms. The topological polar surface area (TPSA) is 61.3 Å². The molecule has 0 saturated carbocycles. The van der Waals surface area contributed by atoms with Gasteiger partial charge in [0.15, 0.2) is 0 Å². The Kier molecular flexibility index (Phi) is 5.77. The number of hydrogen-bond donors (Lipinski definition) is 0. The Morgan fingerprint density at radius 1 is 1.04 bits per heavy atom. The molecule has 3 aromatic rings. The summed E-state index contributed by atoms with van der Waals surface area (Å²) in [7, 11) is 0. The van der Waals surface area contributed by atoms with E-state index in [2.05, 4.69) is 9.97 Å². The number of rotatable bonds is 6. The van der Waals surface area contributed by atoms with Gasteiger partial charge in [-0.05, 0) is 36.8 Å². The molecule has 0 radical (unpaired) electrons. The van der Waals surface area contributed by atoms with Crippen molar-refractivity contribution in [2.45, 2.75) is 26.1 Å². The molecule has 0 saturated heterocycles. The third-order valence-corrected chi connectivity index (χ3v) is 3.89. The second kappa shape index (κ2) is 8.24. The molecule has 0 aliphatic rings. The van der Waals surface area contributed by atoms with E-state index in [1.165, 1.54) is 6.07 Å². The Bertz CT molecular complexity index is 973. The van der Waals surface area contributed by atoms with Gasteiger partial charge in [-0.25, -0.2) is 0 Å². The lowest BCUT2D eigenvalue weighted by Gasteiger charge is -2.09. The molecule has 28 heavy (non-hydrogen) atoms. The molecule has 0 atom stereocenters. The number of aromatic nitrogens is 2. The average Bonchev–Trinajstić information content (AvgIpc) is 2.66. The largest absolute Gasteiger partial charge is 0.489 e. The summed E-state index contributed by atoms with van der Waals surface area (Å²) in [6.45, 7) is 2.16. The fourth-order valence-corrected chi connectivity index (χ4v) is 2.56. The number of carbonyl (C=O) groups excluding carboxylic acids is 1. The minimum Gasteiger partial charge on any atom is -0.489 e. The maximum Gasteiger partial charge on any atom is 0.433 e. The average molecular weight is 390 g/mol. The van der Waals surface area contributed by atoms with Crippen molar-refractivity contribution in [3.63, 3.8) is 0 Å². The molecule has 3 rings (SSSR count). The second-order valence-corrected chi connectivity index (χ2v) is 6.02. The van der Waals surface area contributed by atoms with Crippen molar-refractivity contribution in [2.75, 3.05) is 6.61 Å². The van der Waals surface area contributed by atoms with E-state index in [4.69, 9.17) is 9.47 Å². The van der Waals surface area contributed by atoms with Gasteiger partial charge in [-0.1, -0.05) is 6.07 Å². The first-order chi connectivity index (χ1) is 13.3. The van der Waals surface area contributed by atoms with Crippen LogP contribution < -0.4 is 4.74 Å². The van der Waals surface area contributed by atoms with Gasteiger partial charge in [0.1, 0.15) is 18.1 Å². The number of hydrogen-bond acceptors (Lipinski definition) is 5. The van der Waals surface area contributed by atoms with Crippen molar-refractivity contribution in [1.29, 1.82) is 0 Å². The minimum atomic E-state index is -4.46. The molecule has 146 valence electrons. The summed E-state index contributed by atoms with van der Waals surface area (Å²) in [4.78, 5) is 19.3. The number of benzene rings is 1. The highest BCUT2D eigenvalue weighted by molar-refractivity contribution is 5.82. The Morgan fingerprint density at radius 3 is 2.50 bits per heavy atom. The van der Waals surface area contributed by atoms with Crippen molar-refractivity contribution in [3.8, 4) is 5.75 Å². The minimum absolute atomic E-state index is 0.0809. The summed E-state index contributed by atoms with van der Waals surface area (Å²) in [5.74, 6) is 0.215. The van der Waals surface area contributed by atoms with E-state index in [0.29, 0.717) is 23.4 Å². The van der Waals surface area contributed by atoms with Gasteiger partial charge in [0.05, 0.1) is 18.5 Å². The van der Waals surface area contributed by atoms with E-state index in [1.807, 2.05) is 6.07 Å². The molecule has 0 N–H and O–H groups in total. The number of nitrogens with zero attached hydrogens (tertiary/aromatic N) is 2. The molecule has 2 aromatic heterocycles. The highest BCUT2D eigenvalue weighted by Gasteiger charge is 2.31. The van der Waals surface area contributed by atoms with Crippen LogP contribution in [0, 0.1) is 0 Å². The van der Waals surface area contributed by atoms with Gasteiger partial charge in [-0.3, -0.25) is 14.8 Å². The Balaban J connectivity index is 1.66. The van der Waals surface area contributed by atoms with Crippen molar-refractivity contribution in [3.05, 3.63) is 65.6 Å². The first kappa shape index (κ1) is 19.6. The molecule has 0 unspecified atom stereocenters. The second-order valence-electron chi connectivity index (χ2n) is 6.02. The lowest BCUT2D eigenvalue weighted by molar-refractivity contribution is -0.142. The molecular weight excluding hydrogens is 373 g/mol. The van der Waals surface area contributed by atoms with Gasteiger partial charge in [0.25, 0.3) is 0 Å². The SMILES string of the molecule is CCOC(=O)Cc1cnc2cc(OCc3ccc(C(F)(F)F)nc3)ccc2c1. The predicted molar refractivity (Wildman–Crippen MR) is 95.7 cm³/mol. The standard InChI is InChI=1S/C20H17F3N2O3/c1-2-27-19(26)8-14-7-15-4-5-16(9-17(15)24-11-14)28-12-13-3-6-18(25-10-13)20(21,22)23/h3-7,9-11H,2,8,12H2,1H3. The van der Waals surface area contributed by atoms with E-state index in [0.717, 1.165) is 23.2 Å². The van der Waals surface area contributed by atoms with Crippen molar-refractivity contribution in [2.24, 2.45) is 0 Å². The maximum absolute atomic E-state index is 12.5. The molecule has 0 amide bonds. The zero-order valence-electron chi connectivity index (χ0n) is 15.0. The van der Waals surface area contributed by atoms with Crippen LogP contribution >= 0.6 is 0 Å². The number of esters is 1. The van der Waals surface area contributed by atoms with Gasteiger partial charge in [0.2, 0.25) is 0 Å². The van der Waals surface area contributed by atoms with Crippen LogP contribution in [0.15, 0.2) is 48.8 Å². The zero-order valence-corrected chi connectivity index (χ0v) is 15.0. The normalized spacial score (nSPS) is 11.4. The third-order valence-electron chi connectivity index (χ3n) is 3.89. The summed E-state index contributed by atoms with van der Waals surface area (Å²) < 4.78 is 48.1. The van der Waals surface area contributed by atoms with E-state index >= 15 is 0 Å². The number of pyridine rings is 2. The maximum atomic E-state index is 12.5. The van der Waals surface area contributed by atoms with Gasteiger partial charge in [0, 0.05) is 29.4 Å². The number of carbonyl (C=O) groups is 1. The van der Waals surface area contributed by atoms with Crippen LogP contribution in [-0.4, -0.2) is 22.5 Å². The lowest BCUT2D eigenvalue weighted by atomic mass is 10.1. The molecule has 2 heterocycles. The summed E-state index contributed by atoms with van der Waals surface area (Å²) in [6.07, 6.45) is -1.57. The van der Waals surface area contributed by atoms with Gasteiger partial charge >= 0.3 is 12.1 Å². The van der Waals surface area contributed by atoms with Crippen LogP contribution in [0.25, 0.3) is 10.9 Å². The molecular formula is C20H17F3N2O3. The van der Waals surface area contributed by atoms with Crippen LogP contribution in [0.5, 0.6) is 5.75 Å². The van der Waals surface area contributed by atoms with Gasteiger partial charge < -0.3 is 9.47 Å². The number of ether oxygens (including phenoxy) is 2. The van der Waals surface area contributed by atoms with Crippen LogP contribution in [0.1, 0.15) is 23.7 Å². The van der Waals surface area contributed by atoms with E-state index < -0.39 is 11.9 Å². The summed E-state index contributed by atoms with van der Waals surface area (Å²) >= 11 is 0. The third kappa shape index (κ3) is 4.97. The quantitative estimate of drug-likeness (QED) is 0.586. The first-order valence-electron chi connectivity index (χ1n) is 8.54.